The number of nitrogens with zero attached hydrogens (tertiary/aromatic N) is 1. The van der Waals surface area contributed by atoms with E-state index in [0.29, 0.717) is 5.06 Å². The fourth-order valence-corrected chi connectivity index (χ4v) is 10.7. The number of amides is 9. The van der Waals surface area contributed by atoms with Gasteiger partial charge in [-0.25, -0.2) is 4.79 Å². The second-order valence-electron chi connectivity index (χ2n) is 24.6. The molecule has 4 aliphatic rings. The summed E-state index contributed by atoms with van der Waals surface area (Å²) >= 11 is 0. The molecule has 43 heteroatoms. The SMILES string of the molecule is CC(=O)NC1[C@H](OCCOCCOCCOCC(=O)NCCCCC(NC(=O)C(CCCCNC(=O)COCCOCCOCCOC2O[C@H](CO)[C@H](O)[C@H](O)[C@H]2NC(C)=O)NC(=O)COCCOCCOCCO[C@@H]2O[C@H](CO)[C@H](O)[C@H](O)[C@H]2NC(C)=O)C(=O)ON2C(=O)CCC2=O)O[C@H](CO)[C@H](O)[C@@H]1O. The number of nitrogens with one attached hydrogen (secondary N) is 7. The molecule has 0 spiro atoms. The number of aliphatic hydroxyl groups is 9. The summed E-state index contributed by atoms with van der Waals surface area (Å²) in [6.45, 7) is 1.80. The predicted molar refractivity (Wildman–Crippen MR) is 356 cm³/mol. The summed E-state index contributed by atoms with van der Waals surface area (Å²) < 4.78 is 82.5. The van der Waals surface area contributed by atoms with Gasteiger partial charge >= 0.3 is 5.97 Å². The van der Waals surface area contributed by atoms with Crippen LogP contribution in [-0.2, 0) is 124 Å². The molecule has 4 fully saturated rings. The van der Waals surface area contributed by atoms with E-state index in [1.54, 1.807) is 0 Å². The van der Waals surface area contributed by atoms with Crippen LogP contribution in [0.4, 0.5) is 0 Å². The van der Waals surface area contributed by atoms with Gasteiger partial charge in [0.15, 0.2) is 18.9 Å². The monoisotopic (exact) mass is 1550 g/mol. The topological polar surface area (TPSA) is 588 Å². The first-order valence-corrected chi connectivity index (χ1v) is 35.3. The average Bonchev–Trinajstić information content (AvgIpc) is 1.67. The molecule has 4 saturated heterocycles. The fourth-order valence-electron chi connectivity index (χ4n) is 10.7. The van der Waals surface area contributed by atoms with Gasteiger partial charge in [0.2, 0.25) is 41.4 Å². The van der Waals surface area contributed by atoms with Crippen LogP contribution in [0.15, 0.2) is 0 Å². The van der Waals surface area contributed by atoms with Gasteiger partial charge in [-0.15, -0.1) is 5.06 Å². The minimum atomic E-state index is -1.49. The summed E-state index contributed by atoms with van der Waals surface area (Å²) in [4.78, 5) is 131. The first-order chi connectivity index (χ1) is 51.4. The summed E-state index contributed by atoms with van der Waals surface area (Å²) in [5, 5.41) is 109. The number of rotatable bonds is 57. The van der Waals surface area contributed by atoms with E-state index in [1.165, 1.54) is 20.8 Å². The predicted octanol–water partition coefficient (Wildman–Crippen LogP) is -9.83. The molecule has 0 aromatic rings. The molecule has 0 bridgehead atoms. The van der Waals surface area contributed by atoms with E-state index in [9.17, 15) is 93.9 Å². The second-order valence-corrected chi connectivity index (χ2v) is 24.6. The second kappa shape index (κ2) is 53.7. The van der Waals surface area contributed by atoms with Crippen LogP contribution >= 0.6 is 0 Å². The van der Waals surface area contributed by atoms with E-state index in [2.05, 4.69) is 37.2 Å². The zero-order chi connectivity index (χ0) is 78.5. The number of hydrogen-bond donors (Lipinski definition) is 16. The minimum Gasteiger partial charge on any atom is -0.394 e. The number of unbranched alkanes of at least 4 members (excludes halogenated alkanes) is 2. The number of carbonyl (C=O) groups excluding carboxylic acids is 10. The van der Waals surface area contributed by atoms with Crippen LogP contribution in [0.1, 0.15) is 72.1 Å². The van der Waals surface area contributed by atoms with Crippen molar-refractivity contribution >= 4 is 59.1 Å². The standard InChI is InChI=1S/C64H110N8O35/c1-38(76)67-51-57(87)54(84)43(32-73)104-62(51)101-29-26-95-17-14-92-20-23-98-35-46(79)65-12-6-4-8-41(70-48(81)37-100-25-22-94-16-19-97-28-31-103-64-53(69-40(3)78)59(89)56(86)45(34-75)106-64)60(90)71-42(61(91)107-72-49(82)10-11-50(72)83)9-5-7-13-66-47(80)36-99-24-21-93-15-18-96-27-30-102-63-52(68-39(2)77)58(88)55(85)44(33-74)105-63/h41-45,51-59,62-64,73-75,84-89H,4-37H2,1-3H3,(H,65,79)(H,66,80)(H,67,76)(H,68,77)(H,69,78)(H,70,81)(H,71,90)/t41?,42?,43-,44-,45-,51-,52?,53-,54+,55+,56+,57-,58-,59-,62?,63-,64-/m1/s1. The maximum Gasteiger partial charge on any atom is 0.355 e. The lowest BCUT2D eigenvalue weighted by atomic mass is 9.97. The molecule has 0 aromatic carbocycles. The Bertz CT molecular complexity index is 2610. The van der Waals surface area contributed by atoms with Crippen molar-refractivity contribution < 1.29 is 170 Å². The van der Waals surface area contributed by atoms with E-state index in [4.69, 9.17) is 75.9 Å². The number of carbonyl (C=O) groups is 10. The van der Waals surface area contributed by atoms with Crippen molar-refractivity contribution in [2.24, 2.45) is 0 Å². The van der Waals surface area contributed by atoms with Gasteiger partial charge in [0.25, 0.3) is 11.8 Å². The van der Waals surface area contributed by atoms with E-state index < -0.39 is 190 Å². The number of aliphatic hydroxyl groups excluding tert-OH is 9. The van der Waals surface area contributed by atoms with Gasteiger partial charge in [-0.05, 0) is 38.5 Å². The molecule has 0 aliphatic carbocycles. The zero-order valence-corrected chi connectivity index (χ0v) is 60.4. The average molecular weight is 1550 g/mol. The Labute approximate surface area is 617 Å². The van der Waals surface area contributed by atoms with Gasteiger partial charge in [0, 0.05) is 46.7 Å². The van der Waals surface area contributed by atoms with Crippen LogP contribution in [0.25, 0.3) is 0 Å². The molecule has 0 saturated carbocycles. The normalized spacial score (nSPS) is 25.7. The lowest BCUT2D eigenvalue weighted by Crippen LogP contribution is -2.64. The van der Waals surface area contributed by atoms with Crippen LogP contribution in [0.2, 0.25) is 0 Å². The highest BCUT2D eigenvalue weighted by molar-refractivity contribution is 6.02. The summed E-state index contributed by atoms with van der Waals surface area (Å²) in [5.41, 5.74) is 0. The molecule has 4 unspecified atom stereocenters. The summed E-state index contributed by atoms with van der Waals surface area (Å²) in [6, 6.07) is -6.13. The first-order valence-electron chi connectivity index (χ1n) is 35.3. The molecule has 4 heterocycles. The Hall–Kier alpha value is -6.06. The van der Waals surface area contributed by atoms with Gasteiger partial charge < -0.3 is 159 Å². The Morgan fingerprint density at radius 2 is 0.701 bits per heavy atom. The van der Waals surface area contributed by atoms with Gasteiger partial charge in [-0.2, -0.15) is 0 Å². The van der Waals surface area contributed by atoms with Crippen LogP contribution in [0.5, 0.6) is 0 Å². The maximum absolute atomic E-state index is 14.1. The van der Waals surface area contributed by atoms with Crippen LogP contribution < -0.4 is 37.2 Å². The third kappa shape index (κ3) is 36.1. The van der Waals surface area contributed by atoms with Gasteiger partial charge in [-0.1, -0.05) is 0 Å². The lowest BCUT2D eigenvalue weighted by molar-refractivity contribution is -0.272. The Balaban J connectivity index is 1.19. The maximum atomic E-state index is 14.1. The molecule has 4 aliphatic heterocycles. The highest BCUT2D eigenvalue weighted by Gasteiger charge is 2.48. The van der Waals surface area contributed by atoms with Gasteiger partial charge in [-0.3, -0.25) is 43.2 Å². The van der Waals surface area contributed by atoms with Crippen molar-refractivity contribution in [3.8, 4) is 0 Å². The van der Waals surface area contributed by atoms with Gasteiger partial charge in [0.05, 0.1) is 139 Å². The summed E-state index contributed by atoms with van der Waals surface area (Å²) in [5.74, 6) is -6.80. The van der Waals surface area contributed by atoms with Crippen molar-refractivity contribution in [2.45, 2.75) is 176 Å². The lowest BCUT2D eigenvalue weighted by Gasteiger charge is -2.42. The van der Waals surface area contributed by atoms with Crippen molar-refractivity contribution in [3.05, 3.63) is 0 Å². The summed E-state index contributed by atoms with van der Waals surface area (Å²) in [6.07, 6.45) is -15.5. The fraction of sp³-hybridized carbons (Fsp3) is 0.844. The van der Waals surface area contributed by atoms with Crippen molar-refractivity contribution in [2.75, 3.05) is 172 Å². The quantitative estimate of drug-likeness (QED) is 0.0199. The Morgan fingerprint density at radius 1 is 0.402 bits per heavy atom. The molecular weight excluding hydrogens is 1440 g/mol. The summed E-state index contributed by atoms with van der Waals surface area (Å²) in [7, 11) is 0. The van der Waals surface area contributed by atoms with E-state index in [-0.39, 0.29) is 197 Å². The molecule has 0 aromatic heterocycles. The minimum absolute atomic E-state index is 0.00363. The zero-order valence-electron chi connectivity index (χ0n) is 60.4. The third-order valence-electron chi connectivity index (χ3n) is 16.1. The van der Waals surface area contributed by atoms with E-state index in [0.717, 1.165) is 0 Å². The largest absolute Gasteiger partial charge is 0.394 e. The highest BCUT2D eigenvalue weighted by atomic mass is 16.7. The molecule has 4 rings (SSSR count). The molecule has 9 amide bonds. The first kappa shape index (κ1) is 93.3. The van der Waals surface area contributed by atoms with E-state index in [1.807, 2.05) is 0 Å². The highest BCUT2D eigenvalue weighted by Crippen LogP contribution is 2.25. The van der Waals surface area contributed by atoms with Crippen LogP contribution in [0.3, 0.4) is 0 Å². The Morgan fingerprint density at radius 3 is 1.02 bits per heavy atom. The molecule has 43 nitrogen and oxygen atoms in total. The van der Waals surface area contributed by atoms with Crippen LogP contribution in [-0.4, -0.2) is 386 Å². The molecule has 17 atom stereocenters. The molecular formula is C64H110N8O35. The van der Waals surface area contributed by atoms with Crippen LogP contribution in [0, 0.1) is 0 Å². The number of imide groups is 1. The molecule has 107 heavy (non-hydrogen) atoms. The van der Waals surface area contributed by atoms with Crippen molar-refractivity contribution in [1.82, 2.24) is 42.3 Å². The van der Waals surface area contributed by atoms with Crippen molar-refractivity contribution in [1.29, 1.82) is 0 Å². The smallest absolute Gasteiger partial charge is 0.355 e. The number of hydrogen-bond acceptors (Lipinski definition) is 35. The van der Waals surface area contributed by atoms with E-state index >= 15 is 0 Å². The number of hydroxylamine groups is 2. The molecule has 0 radical (unpaired) electrons. The Kier molecular flexibility index (Phi) is 46.9. The number of ether oxygens (including phenoxy) is 15. The molecule has 16 N–H and O–H groups in total. The van der Waals surface area contributed by atoms with Gasteiger partial charge in [0.1, 0.15) is 105 Å². The third-order valence-corrected chi connectivity index (χ3v) is 16.1. The van der Waals surface area contributed by atoms with Crippen molar-refractivity contribution in [3.63, 3.8) is 0 Å². The molecule has 616 valence electrons.